The van der Waals surface area contributed by atoms with E-state index in [4.69, 9.17) is 23.2 Å². The first-order valence-electron chi connectivity index (χ1n) is 8.04. The Labute approximate surface area is 152 Å². The van der Waals surface area contributed by atoms with E-state index < -0.39 is 0 Å². The zero-order valence-electron chi connectivity index (χ0n) is 13.8. The van der Waals surface area contributed by atoms with Gasteiger partial charge in [0.15, 0.2) is 0 Å². The van der Waals surface area contributed by atoms with Gasteiger partial charge in [-0.15, -0.1) is 0 Å². The second-order valence-corrected chi connectivity index (χ2v) is 7.07. The lowest BCUT2D eigenvalue weighted by Crippen LogP contribution is -2.31. The number of anilines is 1. The van der Waals surface area contributed by atoms with Gasteiger partial charge in [-0.1, -0.05) is 42.3 Å². The molecule has 0 aliphatic carbocycles. The van der Waals surface area contributed by atoms with E-state index in [0.29, 0.717) is 11.4 Å². The van der Waals surface area contributed by atoms with Crippen LogP contribution in [0.3, 0.4) is 0 Å². The molecular weight excluding hydrogens is 343 g/mol. The molecule has 1 heterocycles. The molecule has 1 aliphatic rings. The Bertz CT molecular complexity index is 759. The number of hydrogen-bond donors (Lipinski definition) is 1. The average molecular weight is 363 g/mol. The maximum Gasteiger partial charge on any atom is 0.224 e. The minimum absolute atomic E-state index is 0.0176. The van der Waals surface area contributed by atoms with Gasteiger partial charge in [0, 0.05) is 41.2 Å². The van der Waals surface area contributed by atoms with Crippen LogP contribution in [0.25, 0.3) is 0 Å². The Morgan fingerprint density at radius 3 is 2.62 bits per heavy atom. The Morgan fingerprint density at radius 1 is 1.25 bits per heavy atom. The van der Waals surface area contributed by atoms with E-state index in [-0.39, 0.29) is 11.8 Å². The van der Waals surface area contributed by atoms with Crippen LogP contribution >= 0.6 is 23.2 Å². The number of rotatable bonds is 3. The van der Waals surface area contributed by atoms with Gasteiger partial charge >= 0.3 is 0 Å². The third-order valence-electron chi connectivity index (χ3n) is 4.41. The Kier molecular flexibility index (Phi) is 5.14. The monoisotopic (exact) mass is 362 g/mol. The minimum atomic E-state index is 0.0176. The molecule has 2 aromatic carbocycles. The van der Waals surface area contributed by atoms with Crippen molar-refractivity contribution in [2.24, 2.45) is 0 Å². The summed E-state index contributed by atoms with van der Waals surface area (Å²) < 4.78 is 0. The molecule has 2 aromatic rings. The highest BCUT2D eigenvalue weighted by Crippen LogP contribution is 2.38. The van der Waals surface area contributed by atoms with E-state index in [1.165, 1.54) is 11.1 Å². The first-order chi connectivity index (χ1) is 11.5. The highest BCUT2D eigenvalue weighted by atomic mass is 35.5. The van der Waals surface area contributed by atoms with Crippen molar-refractivity contribution in [2.45, 2.75) is 25.8 Å². The Morgan fingerprint density at radius 2 is 1.96 bits per heavy atom. The molecule has 1 aliphatic heterocycles. The molecule has 3 rings (SSSR count). The Balaban J connectivity index is 1.94. The highest BCUT2D eigenvalue weighted by molar-refractivity contribution is 6.35. The summed E-state index contributed by atoms with van der Waals surface area (Å²) in [7, 11) is 2.09. The number of carbonyl (C=O) groups excluding carboxylic acids is 1. The first-order valence-corrected chi connectivity index (χ1v) is 8.79. The van der Waals surface area contributed by atoms with E-state index in [0.717, 1.165) is 29.4 Å². The summed E-state index contributed by atoms with van der Waals surface area (Å²) in [4.78, 5) is 13.8. The summed E-state index contributed by atoms with van der Waals surface area (Å²) in [6.07, 6.45) is 0.472. The lowest BCUT2D eigenvalue weighted by atomic mass is 9.84. The van der Waals surface area contributed by atoms with Crippen molar-refractivity contribution < 1.29 is 4.79 Å². The van der Waals surface area contributed by atoms with Gasteiger partial charge in [-0.25, -0.2) is 0 Å². The molecule has 0 radical (unpaired) electrons. The summed E-state index contributed by atoms with van der Waals surface area (Å²) in [5.74, 6) is 0.231. The maximum atomic E-state index is 11.5. The zero-order valence-corrected chi connectivity index (χ0v) is 15.3. The second kappa shape index (κ2) is 7.14. The number of likely N-dealkylation sites (N-methyl/N-ethyl adjacent to an activating group) is 1. The van der Waals surface area contributed by atoms with Crippen molar-refractivity contribution in [2.75, 3.05) is 18.9 Å². The molecule has 0 bridgehead atoms. The van der Waals surface area contributed by atoms with Crippen molar-refractivity contribution in [1.82, 2.24) is 4.90 Å². The SMILES string of the molecule is CCC(=O)Nc1ccc(C2CN(C)Cc3c(Cl)cc(Cl)cc32)cc1. The maximum absolute atomic E-state index is 11.5. The molecule has 3 nitrogen and oxygen atoms in total. The summed E-state index contributed by atoms with van der Waals surface area (Å²) in [5.41, 5.74) is 4.34. The fourth-order valence-electron chi connectivity index (χ4n) is 3.18. The quantitative estimate of drug-likeness (QED) is 0.840. The van der Waals surface area contributed by atoms with Gasteiger partial charge in [0.1, 0.15) is 0 Å². The molecule has 5 heteroatoms. The smallest absolute Gasteiger partial charge is 0.224 e. The van der Waals surface area contributed by atoms with Crippen LogP contribution in [0.1, 0.15) is 36.0 Å². The third kappa shape index (κ3) is 3.59. The van der Waals surface area contributed by atoms with Gasteiger partial charge in [-0.05, 0) is 48.0 Å². The van der Waals surface area contributed by atoms with E-state index in [1.807, 2.05) is 31.2 Å². The largest absolute Gasteiger partial charge is 0.326 e. The van der Waals surface area contributed by atoms with Crippen molar-refractivity contribution in [3.63, 3.8) is 0 Å². The van der Waals surface area contributed by atoms with Crippen molar-refractivity contribution in [3.8, 4) is 0 Å². The number of nitrogens with one attached hydrogen (secondary N) is 1. The predicted molar refractivity (Wildman–Crippen MR) is 100 cm³/mol. The topological polar surface area (TPSA) is 32.3 Å². The number of benzene rings is 2. The van der Waals surface area contributed by atoms with Gasteiger partial charge in [-0.3, -0.25) is 4.79 Å². The number of nitrogens with zero attached hydrogens (tertiary/aromatic N) is 1. The average Bonchev–Trinajstić information content (AvgIpc) is 2.55. The van der Waals surface area contributed by atoms with E-state index in [2.05, 4.69) is 29.4 Å². The molecule has 1 unspecified atom stereocenters. The van der Waals surface area contributed by atoms with Gasteiger partial charge < -0.3 is 10.2 Å². The molecular formula is C19H20Cl2N2O. The molecule has 0 saturated heterocycles. The summed E-state index contributed by atoms with van der Waals surface area (Å²) in [6, 6.07) is 11.8. The van der Waals surface area contributed by atoms with Crippen LogP contribution in [-0.2, 0) is 11.3 Å². The van der Waals surface area contributed by atoms with Gasteiger partial charge in [0.2, 0.25) is 5.91 Å². The van der Waals surface area contributed by atoms with E-state index >= 15 is 0 Å². The van der Waals surface area contributed by atoms with Crippen LogP contribution in [0.15, 0.2) is 36.4 Å². The lowest BCUT2D eigenvalue weighted by Gasteiger charge is -2.33. The molecule has 0 aromatic heterocycles. The van der Waals surface area contributed by atoms with Crippen LogP contribution in [0, 0.1) is 0 Å². The van der Waals surface area contributed by atoms with E-state index in [1.54, 1.807) is 0 Å². The summed E-state index contributed by atoms with van der Waals surface area (Å²) in [6.45, 7) is 3.57. The molecule has 0 saturated carbocycles. The van der Waals surface area contributed by atoms with E-state index in [9.17, 15) is 4.79 Å². The van der Waals surface area contributed by atoms with Gasteiger partial charge in [0.25, 0.3) is 0 Å². The van der Waals surface area contributed by atoms with Crippen LogP contribution < -0.4 is 5.32 Å². The van der Waals surface area contributed by atoms with Gasteiger partial charge in [0.05, 0.1) is 0 Å². The van der Waals surface area contributed by atoms with Crippen LogP contribution in [0.4, 0.5) is 5.69 Å². The predicted octanol–water partition coefficient (Wildman–Crippen LogP) is 4.92. The Hall–Kier alpha value is -1.55. The molecule has 24 heavy (non-hydrogen) atoms. The molecule has 0 spiro atoms. The molecule has 126 valence electrons. The van der Waals surface area contributed by atoms with Crippen LogP contribution in [0.5, 0.6) is 0 Å². The van der Waals surface area contributed by atoms with Crippen LogP contribution in [0.2, 0.25) is 10.0 Å². The molecule has 1 amide bonds. The highest BCUT2D eigenvalue weighted by Gasteiger charge is 2.27. The third-order valence-corrected chi connectivity index (χ3v) is 4.97. The number of amides is 1. The lowest BCUT2D eigenvalue weighted by molar-refractivity contribution is -0.115. The minimum Gasteiger partial charge on any atom is -0.326 e. The summed E-state index contributed by atoms with van der Waals surface area (Å²) >= 11 is 12.6. The van der Waals surface area contributed by atoms with Crippen molar-refractivity contribution in [3.05, 3.63) is 63.1 Å². The standard InChI is InChI=1S/C19H20Cl2N2O/c1-3-19(24)22-14-6-4-12(5-7-14)16-10-23(2)11-17-15(16)8-13(20)9-18(17)21/h4-9,16H,3,10-11H2,1-2H3,(H,22,24). The number of carbonyl (C=O) groups is 1. The first kappa shape index (κ1) is 17.3. The molecule has 1 N–H and O–H groups in total. The fourth-order valence-corrected chi connectivity index (χ4v) is 3.75. The number of halogens is 2. The summed E-state index contributed by atoms with van der Waals surface area (Å²) in [5, 5.41) is 4.27. The van der Waals surface area contributed by atoms with Gasteiger partial charge in [-0.2, -0.15) is 0 Å². The second-order valence-electron chi connectivity index (χ2n) is 6.23. The normalized spacial score (nSPS) is 17.4. The molecule has 0 fully saturated rings. The zero-order chi connectivity index (χ0) is 17.3. The number of hydrogen-bond acceptors (Lipinski definition) is 2. The molecule has 1 atom stereocenters. The van der Waals surface area contributed by atoms with Crippen molar-refractivity contribution >= 4 is 34.8 Å². The van der Waals surface area contributed by atoms with Crippen LogP contribution in [-0.4, -0.2) is 24.4 Å². The fraction of sp³-hybridized carbons (Fsp3) is 0.316. The van der Waals surface area contributed by atoms with Crippen molar-refractivity contribution in [1.29, 1.82) is 0 Å². The number of fused-ring (bicyclic) bond motifs is 1.